The maximum absolute atomic E-state index is 12.7. The summed E-state index contributed by atoms with van der Waals surface area (Å²) in [5, 5.41) is 0. The highest BCUT2D eigenvalue weighted by Crippen LogP contribution is 2.35. The Kier molecular flexibility index (Phi) is 4.87. The van der Waals surface area contributed by atoms with Gasteiger partial charge in [0.1, 0.15) is 9.26 Å². The van der Waals surface area contributed by atoms with E-state index in [4.69, 9.17) is 0 Å². The predicted molar refractivity (Wildman–Crippen MR) is 59.9 cm³/mol. The van der Waals surface area contributed by atoms with Gasteiger partial charge in [-0.15, -0.1) is 13.2 Å². The summed E-state index contributed by atoms with van der Waals surface area (Å²) < 4.78 is 69.5. The van der Waals surface area contributed by atoms with Gasteiger partial charge >= 0.3 is 12.3 Å². The van der Waals surface area contributed by atoms with E-state index in [2.05, 4.69) is 14.5 Å². The highest BCUT2D eigenvalue weighted by Gasteiger charge is 2.37. The normalized spacial score (nSPS) is 11.6. The number of rotatable bonds is 3. The minimum Gasteiger partial charge on any atom is -0.465 e. The van der Waals surface area contributed by atoms with Crippen LogP contribution in [0.15, 0.2) is 6.07 Å². The molecule has 1 aromatic heterocycles. The van der Waals surface area contributed by atoms with Crippen LogP contribution in [0.1, 0.15) is 22.5 Å². The molecule has 0 N–H and O–H groups in total. The monoisotopic (exact) mass is 397 g/mol. The van der Waals surface area contributed by atoms with Gasteiger partial charge in [0.05, 0.1) is 7.11 Å². The lowest BCUT2D eigenvalue weighted by molar-refractivity contribution is -0.275. The molecule has 1 aromatic rings. The van der Waals surface area contributed by atoms with Crippen LogP contribution in [0.2, 0.25) is 0 Å². The molecule has 0 amide bonds. The minimum absolute atomic E-state index is 0.0946. The van der Waals surface area contributed by atoms with Gasteiger partial charge in [-0.3, -0.25) is 0 Å². The number of alkyl halides is 5. The van der Waals surface area contributed by atoms with Crippen molar-refractivity contribution in [1.29, 1.82) is 0 Å². The van der Waals surface area contributed by atoms with E-state index < -0.39 is 35.8 Å². The van der Waals surface area contributed by atoms with Gasteiger partial charge in [0.25, 0.3) is 6.43 Å². The lowest BCUT2D eigenvalue weighted by Gasteiger charge is -2.15. The number of halogens is 6. The number of nitrogens with zero attached hydrogens (tertiary/aromatic N) is 1. The summed E-state index contributed by atoms with van der Waals surface area (Å²) >= 11 is 1.48. The summed E-state index contributed by atoms with van der Waals surface area (Å²) in [5.41, 5.74) is -2.04. The van der Waals surface area contributed by atoms with Crippen molar-refractivity contribution in [2.75, 3.05) is 7.11 Å². The number of carbonyl (C=O) groups excluding carboxylic acids is 1. The maximum atomic E-state index is 12.7. The van der Waals surface area contributed by atoms with Gasteiger partial charge in [-0.2, -0.15) is 0 Å². The Morgan fingerprint density at radius 3 is 2.42 bits per heavy atom. The quantitative estimate of drug-likeness (QED) is 0.340. The first-order valence-electron chi connectivity index (χ1n) is 4.48. The average Bonchev–Trinajstić information content (AvgIpc) is 2.27. The smallest absolute Gasteiger partial charge is 0.465 e. The van der Waals surface area contributed by atoms with E-state index in [9.17, 15) is 26.7 Å². The van der Waals surface area contributed by atoms with Crippen molar-refractivity contribution in [3.05, 3.63) is 21.0 Å². The Labute approximate surface area is 117 Å². The summed E-state index contributed by atoms with van der Waals surface area (Å²) in [4.78, 5) is 14.5. The first-order chi connectivity index (χ1) is 8.65. The number of hydrogen-bond donors (Lipinski definition) is 0. The molecule has 0 radical (unpaired) electrons. The molecule has 0 fully saturated rings. The molecule has 0 saturated heterocycles. The summed E-state index contributed by atoms with van der Waals surface area (Å²) in [7, 11) is 0.898. The molecule has 0 unspecified atom stereocenters. The minimum atomic E-state index is -5.24. The van der Waals surface area contributed by atoms with E-state index in [0.717, 1.165) is 13.2 Å². The van der Waals surface area contributed by atoms with Crippen LogP contribution in [0.25, 0.3) is 0 Å². The maximum Gasteiger partial charge on any atom is 0.573 e. The van der Waals surface area contributed by atoms with Crippen molar-refractivity contribution < 1.29 is 36.2 Å². The number of esters is 1. The zero-order valence-electron chi connectivity index (χ0n) is 9.09. The van der Waals surface area contributed by atoms with Gasteiger partial charge in [0.15, 0.2) is 11.4 Å². The molecule has 0 aliphatic rings. The highest BCUT2D eigenvalue weighted by molar-refractivity contribution is 14.1. The molecule has 4 nitrogen and oxygen atoms in total. The molecule has 0 bridgehead atoms. The third-order valence-electron chi connectivity index (χ3n) is 1.80. The fourth-order valence-electron chi connectivity index (χ4n) is 1.15. The van der Waals surface area contributed by atoms with E-state index in [0.29, 0.717) is 0 Å². The van der Waals surface area contributed by atoms with Gasteiger partial charge in [-0.1, -0.05) is 0 Å². The number of hydrogen-bond acceptors (Lipinski definition) is 4. The molecule has 0 aliphatic carbocycles. The third kappa shape index (κ3) is 4.14. The zero-order chi connectivity index (χ0) is 14.8. The standard InChI is InChI=1S/C9H5F5INO3/c1-18-8(17)3-2-4(15)16-5(7(10)11)6(3)19-9(12,13)14/h2,7H,1H3. The Morgan fingerprint density at radius 2 is 2.00 bits per heavy atom. The Bertz CT molecular complexity index is 491. The zero-order valence-corrected chi connectivity index (χ0v) is 11.3. The average molecular weight is 397 g/mol. The van der Waals surface area contributed by atoms with Crippen molar-refractivity contribution in [2.24, 2.45) is 0 Å². The second kappa shape index (κ2) is 5.84. The Balaban J connectivity index is 3.47. The Morgan fingerprint density at radius 1 is 1.42 bits per heavy atom. The molecule has 0 aromatic carbocycles. The molecule has 1 heterocycles. The van der Waals surface area contributed by atoms with Gasteiger partial charge in [-0.25, -0.2) is 18.6 Å². The third-order valence-corrected chi connectivity index (χ3v) is 2.35. The van der Waals surface area contributed by atoms with Crippen molar-refractivity contribution in [3.63, 3.8) is 0 Å². The van der Waals surface area contributed by atoms with Crippen LogP contribution in [-0.2, 0) is 4.74 Å². The number of ether oxygens (including phenoxy) is 2. The molecule has 0 atom stereocenters. The van der Waals surface area contributed by atoms with Crippen molar-refractivity contribution in [2.45, 2.75) is 12.8 Å². The van der Waals surface area contributed by atoms with E-state index >= 15 is 0 Å². The summed E-state index contributed by atoms with van der Waals surface area (Å²) in [6.45, 7) is 0. The largest absolute Gasteiger partial charge is 0.573 e. The van der Waals surface area contributed by atoms with Crippen molar-refractivity contribution in [1.82, 2.24) is 4.98 Å². The molecule has 1 rings (SSSR count). The summed E-state index contributed by atoms with van der Waals surface area (Å²) in [6, 6.07) is 0.860. The van der Waals surface area contributed by atoms with Crippen LogP contribution >= 0.6 is 22.6 Å². The summed E-state index contributed by atoms with van der Waals surface area (Å²) in [6.07, 6.45) is -8.57. The van der Waals surface area contributed by atoms with Crippen molar-refractivity contribution >= 4 is 28.6 Å². The lowest BCUT2D eigenvalue weighted by atomic mass is 10.2. The number of aromatic nitrogens is 1. The molecule has 106 valence electrons. The van der Waals surface area contributed by atoms with Gasteiger partial charge in [-0.05, 0) is 28.7 Å². The SMILES string of the molecule is COC(=O)c1cc(I)nc(C(F)F)c1OC(F)(F)F. The van der Waals surface area contributed by atoms with Crippen LogP contribution in [0, 0.1) is 3.70 Å². The first kappa shape index (κ1) is 15.9. The highest BCUT2D eigenvalue weighted by atomic mass is 127. The first-order valence-corrected chi connectivity index (χ1v) is 5.56. The van der Waals surface area contributed by atoms with E-state index in [1.807, 2.05) is 0 Å². The van der Waals surface area contributed by atoms with Crippen LogP contribution < -0.4 is 4.74 Å². The molecule has 0 aliphatic heterocycles. The second-order valence-electron chi connectivity index (χ2n) is 3.05. The van der Waals surface area contributed by atoms with Gasteiger partial charge in [0, 0.05) is 0 Å². The van der Waals surface area contributed by atoms with Gasteiger partial charge < -0.3 is 9.47 Å². The van der Waals surface area contributed by atoms with Crippen LogP contribution in [0.5, 0.6) is 5.75 Å². The van der Waals surface area contributed by atoms with Gasteiger partial charge in [0.2, 0.25) is 0 Å². The Hall–Kier alpha value is -1.20. The number of carbonyl (C=O) groups is 1. The topological polar surface area (TPSA) is 48.4 Å². The van der Waals surface area contributed by atoms with Crippen LogP contribution in [-0.4, -0.2) is 24.4 Å². The molecular formula is C9H5F5INO3. The summed E-state index contributed by atoms with van der Waals surface area (Å²) in [5.74, 6) is -2.59. The molecule has 10 heteroatoms. The fraction of sp³-hybridized carbons (Fsp3) is 0.333. The fourth-order valence-corrected chi connectivity index (χ4v) is 1.72. The molecule has 0 saturated carbocycles. The number of methoxy groups -OCH3 is 1. The van der Waals surface area contributed by atoms with E-state index in [1.54, 1.807) is 0 Å². The lowest BCUT2D eigenvalue weighted by Crippen LogP contribution is -2.21. The second-order valence-corrected chi connectivity index (χ2v) is 4.15. The molecule has 19 heavy (non-hydrogen) atoms. The van der Waals surface area contributed by atoms with E-state index in [-0.39, 0.29) is 3.70 Å². The van der Waals surface area contributed by atoms with Crippen LogP contribution in [0.3, 0.4) is 0 Å². The van der Waals surface area contributed by atoms with E-state index in [1.165, 1.54) is 22.6 Å². The predicted octanol–water partition coefficient (Wildman–Crippen LogP) is 3.31. The van der Waals surface area contributed by atoms with Crippen LogP contribution in [0.4, 0.5) is 22.0 Å². The van der Waals surface area contributed by atoms with Crippen molar-refractivity contribution in [3.8, 4) is 5.75 Å². The molecule has 0 spiro atoms. The number of pyridine rings is 1. The molecular weight excluding hydrogens is 392 g/mol.